The summed E-state index contributed by atoms with van der Waals surface area (Å²) in [5.74, 6) is -0.0751. The van der Waals surface area contributed by atoms with Crippen LogP contribution in [-0.2, 0) is 11.2 Å². The van der Waals surface area contributed by atoms with E-state index in [9.17, 15) is 4.79 Å². The molecule has 0 bridgehead atoms. The van der Waals surface area contributed by atoms with E-state index in [0.717, 1.165) is 10.0 Å². The summed E-state index contributed by atoms with van der Waals surface area (Å²) in [7, 11) is 0. The Morgan fingerprint density at radius 2 is 2.29 bits per heavy atom. The van der Waals surface area contributed by atoms with Gasteiger partial charge in [0.05, 0.1) is 6.42 Å². The van der Waals surface area contributed by atoms with Gasteiger partial charge in [0.2, 0.25) is 5.91 Å². The maximum Gasteiger partial charge on any atom is 0.224 e. The normalized spacial score (nSPS) is 12.2. The van der Waals surface area contributed by atoms with E-state index in [4.69, 9.17) is 16.7 Å². The molecule has 0 aliphatic carbocycles. The van der Waals surface area contributed by atoms with E-state index in [0.29, 0.717) is 11.4 Å². The van der Waals surface area contributed by atoms with E-state index < -0.39 is 0 Å². The predicted octanol–water partition coefficient (Wildman–Crippen LogP) is 2.53. The van der Waals surface area contributed by atoms with Gasteiger partial charge < -0.3 is 10.4 Å². The summed E-state index contributed by atoms with van der Waals surface area (Å²) < 4.78 is 0.867. The highest BCUT2D eigenvalue weighted by molar-refractivity contribution is 9.10. The molecule has 17 heavy (non-hydrogen) atoms. The van der Waals surface area contributed by atoms with Gasteiger partial charge in [0, 0.05) is 22.1 Å². The van der Waals surface area contributed by atoms with Crippen molar-refractivity contribution in [3.05, 3.63) is 33.3 Å². The van der Waals surface area contributed by atoms with Crippen molar-refractivity contribution in [3.8, 4) is 0 Å². The topological polar surface area (TPSA) is 49.3 Å². The Bertz CT molecular complexity index is 398. The molecule has 1 unspecified atom stereocenters. The number of hydrogen-bond donors (Lipinski definition) is 2. The molecular weight excluding hydrogens is 305 g/mol. The fourth-order valence-corrected chi connectivity index (χ4v) is 2.02. The second kappa shape index (κ2) is 6.99. The van der Waals surface area contributed by atoms with Gasteiger partial charge in [-0.05, 0) is 37.1 Å². The first-order valence-corrected chi connectivity index (χ1v) is 6.54. The molecule has 1 rings (SSSR count). The van der Waals surface area contributed by atoms with Crippen molar-refractivity contribution in [2.24, 2.45) is 0 Å². The van der Waals surface area contributed by atoms with Crippen LogP contribution in [0, 0.1) is 0 Å². The van der Waals surface area contributed by atoms with E-state index in [1.807, 2.05) is 13.0 Å². The van der Waals surface area contributed by atoms with E-state index in [1.54, 1.807) is 12.1 Å². The van der Waals surface area contributed by atoms with Crippen LogP contribution >= 0.6 is 27.5 Å². The van der Waals surface area contributed by atoms with Gasteiger partial charge in [0.25, 0.3) is 0 Å². The first-order chi connectivity index (χ1) is 8.02. The molecule has 0 radical (unpaired) electrons. The highest BCUT2D eigenvalue weighted by atomic mass is 79.9. The van der Waals surface area contributed by atoms with Crippen LogP contribution < -0.4 is 5.32 Å². The maximum absolute atomic E-state index is 11.7. The molecule has 0 aliphatic rings. The Kier molecular flexibility index (Phi) is 5.95. The van der Waals surface area contributed by atoms with Gasteiger partial charge in [-0.1, -0.05) is 27.5 Å². The predicted molar refractivity (Wildman–Crippen MR) is 72.2 cm³/mol. The fraction of sp³-hybridized carbons (Fsp3) is 0.417. The average molecular weight is 321 g/mol. The Morgan fingerprint density at radius 1 is 1.59 bits per heavy atom. The first kappa shape index (κ1) is 14.5. The van der Waals surface area contributed by atoms with Gasteiger partial charge in [0.1, 0.15) is 0 Å². The minimum atomic E-state index is -0.0751. The molecule has 1 amide bonds. The summed E-state index contributed by atoms with van der Waals surface area (Å²) in [6.07, 6.45) is 0.833. The summed E-state index contributed by atoms with van der Waals surface area (Å²) >= 11 is 9.25. The Morgan fingerprint density at radius 3 is 2.94 bits per heavy atom. The van der Waals surface area contributed by atoms with Gasteiger partial charge in [-0.15, -0.1) is 0 Å². The summed E-state index contributed by atoms with van der Waals surface area (Å²) in [4.78, 5) is 11.7. The lowest BCUT2D eigenvalue weighted by atomic mass is 10.1. The SMILES string of the molecule is CC(CCO)NC(=O)Cc1cc(Cl)ccc1Br. The van der Waals surface area contributed by atoms with Crippen LogP contribution in [0.25, 0.3) is 0 Å². The number of halogens is 2. The molecule has 0 spiro atoms. The lowest BCUT2D eigenvalue weighted by Gasteiger charge is -2.13. The van der Waals surface area contributed by atoms with Crippen LogP contribution in [-0.4, -0.2) is 23.7 Å². The molecule has 5 heteroatoms. The minimum absolute atomic E-state index is 0.0227. The van der Waals surface area contributed by atoms with Crippen molar-refractivity contribution in [1.82, 2.24) is 5.32 Å². The second-order valence-electron chi connectivity index (χ2n) is 3.89. The number of carbonyl (C=O) groups is 1. The standard InChI is InChI=1S/C12H15BrClNO2/c1-8(4-5-16)15-12(17)7-9-6-10(14)2-3-11(9)13/h2-3,6,8,16H,4-5,7H2,1H3,(H,15,17). The fourth-order valence-electron chi connectivity index (χ4n) is 1.44. The van der Waals surface area contributed by atoms with Crippen LogP contribution in [0.2, 0.25) is 5.02 Å². The summed E-state index contributed by atoms with van der Waals surface area (Å²) in [6.45, 7) is 1.93. The molecule has 0 aromatic heterocycles. The van der Waals surface area contributed by atoms with Crippen LogP contribution in [0.3, 0.4) is 0 Å². The molecule has 0 heterocycles. The highest BCUT2D eigenvalue weighted by Crippen LogP contribution is 2.21. The van der Waals surface area contributed by atoms with Crippen LogP contribution in [0.5, 0.6) is 0 Å². The van der Waals surface area contributed by atoms with Crippen molar-refractivity contribution in [3.63, 3.8) is 0 Å². The lowest BCUT2D eigenvalue weighted by Crippen LogP contribution is -2.34. The third-order valence-corrected chi connectivity index (χ3v) is 3.34. The number of benzene rings is 1. The van der Waals surface area contributed by atoms with Crippen LogP contribution in [0.15, 0.2) is 22.7 Å². The highest BCUT2D eigenvalue weighted by Gasteiger charge is 2.10. The van der Waals surface area contributed by atoms with E-state index >= 15 is 0 Å². The van der Waals surface area contributed by atoms with Gasteiger partial charge in [0.15, 0.2) is 0 Å². The lowest BCUT2D eigenvalue weighted by molar-refractivity contribution is -0.121. The summed E-state index contributed by atoms with van der Waals surface area (Å²) in [5.41, 5.74) is 0.853. The monoisotopic (exact) mass is 319 g/mol. The van der Waals surface area contributed by atoms with E-state index in [-0.39, 0.29) is 25.0 Å². The minimum Gasteiger partial charge on any atom is -0.396 e. The number of carbonyl (C=O) groups excluding carboxylic acids is 1. The third kappa shape index (κ3) is 5.06. The average Bonchev–Trinajstić information content (AvgIpc) is 2.23. The number of aliphatic hydroxyl groups is 1. The largest absolute Gasteiger partial charge is 0.396 e. The van der Waals surface area contributed by atoms with Gasteiger partial charge >= 0.3 is 0 Å². The zero-order valence-corrected chi connectivity index (χ0v) is 11.9. The molecule has 2 N–H and O–H groups in total. The molecule has 0 saturated carbocycles. The number of hydrogen-bond acceptors (Lipinski definition) is 2. The van der Waals surface area contributed by atoms with E-state index in [1.165, 1.54) is 0 Å². The second-order valence-corrected chi connectivity index (χ2v) is 5.18. The van der Waals surface area contributed by atoms with Gasteiger partial charge in [-0.3, -0.25) is 4.79 Å². The first-order valence-electron chi connectivity index (χ1n) is 5.37. The van der Waals surface area contributed by atoms with Crippen molar-refractivity contribution in [2.45, 2.75) is 25.8 Å². The summed E-state index contributed by atoms with van der Waals surface area (Å²) in [6, 6.07) is 5.33. The summed E-state index contributed by atoms with van der Waals surface area (Å²) in [5, 5.41) is 12.2. The molecule has 0 saturated heterocycles. The quantitative estimate of drug-likeness (QED) is 0.876. The molecule has 1 aromatic rings. The smallest absolute Gasteiger partial charge is 0.224 e. The number of nitrogens with one attached hydrogen (secondary N) is 1. The zero-order valence-electron chi connectivity index (χ0n) is 9.54. The van der Waals surface area contributed by atoms with Crippen molar-refractivity contribution in [1.29, 1.82) is 0 Å². The van der Waals surface area contributed by atoms with Gasteiger partial charge in [-0.25, -0.2) is 0 Å². The van der Waals surface area contributed by atoms with Gasteiger partial charge in [-0.2, -0.15) is 0 Å². The van der Waals surface area contributed by atoms with Crippen LogP contribution in [0.1, 0.15) is 18.9 Å². The van der Waals surface area contributed by atoms with Crippen molar-refractivity contribution >= 4 is 33.4 Å². The molecule has 0 aliphatic heterocycles. The number of amides is 1. The Labute approximate surface area is 114 Å². The molecule has 0 fully saturated rings. The maximum atomic E-state index is 11.7. The van der Waals surface area contributed by atoms with Crippen molar-refractivity contribution in [2.75, 3.05) is 6.61 Å². The van der Waals surface area contributed by atoms with E-state index in [2.05, 4.69) is 21.2 Å². The van der Waals surface area contributed by atoms with Crippen LogP contribution in [0.4, 0.5) is 0 Å². The van der Waals surface area contributed by atoms with Crippen molar-refractivity contribution < 1.29 is 9.90 Å². The molecule has 1 atom stereocenters. The molecule has 3 nitrogen and oxygen atoms in total. The molecule has 94 valence electrons. The number of aliphatic hydroxyl groups excluding tert-OH is 1. The Balaban J connectivity index is 2.58. The Hall–Kier alpha value is -0.580. The third-order valence-electron chi connectivity index (χ3n) is 2.33. The molecular formula is C12H15BrClNO2. The zero-order chi connectivity index (χ0) is 12.8. The number of rotatable bonds is 5. The molecule has 1 aromatic carbocycles.